The highest BCUT2D eigenvalue weighted by Gasteiger charge is 2.26. The lowest BCUT2D eigenvalue weighted by atomic mass is 9.81. The van der Waals surface area contributed by atoms with Gasteiger partial charge in [0.05, 0.1) is 17.3 Å². The van der Waals surface area contributed by atoms with E-state index in [1.54, 1.807) is 0 Å². The molecular formula is C15H18FN3O. The van der Waals surface area contributed by atoms with Crippen LogP contribution in [0.5, 0.6) is 0 Å². The molecule has 1 aromatic rings. The molecule has 0 aliphatic heterocycles. The molecule has 0 atom stereocenters. The third-order valence-corrected chi connectivity index (χ3v) is 3.91. The van der Waals surface area contributed by atoms with Crippen LogP contribution in [0.15, 0.2) is 18.2 Å². The average molecular weight is 275 g/mol. The van der Waals surface area contributed by atoms with Crippen molar-refractivity contribution in [2.45, 2.75) is 25.7 Å². The molecule has 0 radical (unpaired) electrons. The zero-order valence-corrected chi connectivity index (χ0v) is 11.2. The Labute approximate surface area is 117 Å². The predicted octanol–water partition coefficient (Wildman–Crippen LogP) is 2.40. The van der Waals surface area contributed by atoms with Crippen LogP contribution in [-0.2, 0) is 4.79 Å². The molecule has 3 N–H and O–H groups in total. The molecule has 0 spiro atoms. The summed E-state index contributed by atoms with van der Waals surface area (Å²) in [4.78, 5) is 12.1. The Morgan fingerprint density at radius 3 is 2.65 bits per heavy atom. The SMILES string of the molecule is N#Cc1ccc(NC(=O)C2CCC(CN)CC2)c(F)c1. The number of hydrogen-bond donors (Lipinski definition) is 2. The van der Waals surface area contributed by atoms with Gasteiger partial charge in [-0.15, -0.1) is 0 Å². The molecule has 20 heavy (non-hydrogen) atoms. The molecule has 2 rings (SSSR count). The van der Waals surface area contributed by atoms with Gasteiger partial charge in [0.1, 0.15) is 5.82 Å². The lowest BCUT2D eigenvalue weighted by Gasteiger charge is -2.26. The molecular weight excluding hydrogens is 257 g/mol. The maximum atomic E-state index is 13.7. The van der Waals surface area contributed by atoms with Crippen LogP contribution in [0.1, 0.15) is 31.2 Å². The molecule has 5 heteroatoms. The summed E-state index contributed by atoms with van der Waals surface area (Å²) in [6.45, 7) is 0.665. The van der Waals surface area contributed by atoms with Crippen molar-refractivity contribution in [3.05, 3.63) is 29.6 Å². The molecule has 1 amide bonds. The number of carbonyl (C=O) groups is 1. The van der Waals surface area contributed by atoms with E-state index in [-0.39, 0.29) is 23.1 Å². The summed E-state index contributed by atoms with van der Waals surface area (Å²) >= 11 is 0. The number of hydrogen-bond acceptors (Lipinski definition) is 3. The van der Waals surface area contributed by atoms with Crippen LogP contribution in [0.3, 0.4) is 0 Å². The summed E-state index contributed by atoms with van der Waals surface area (Å²) in [6, 6.07) is 5.90. The van der Waals surface area contributed by atoms with Crippen molar-refractivity contribution >= 4 is 11.6 Å². The van der Waals surface area contributed by atoms with Gasteiger partial charge in [-0.2, -0.15) is 5.26 Å². The number of nitriles is 1. The largest absolute Gasteiger partial charge is 0.330 e. The van der Waals surface area contributed by atoms with Crippen LogP contribution in [0.25, 0.3) is 0 Å². The van der Waals surface area contributed by atoms with Gasteiger partial charge in [-0.05, 0) is 56.3 Å². The molecule has 0 heterocycles. The summed E-state index contributed by atoms with van der Waals surface area (Å²) in [6.07, 6.45) is 3.49. The number of benzene rings is 1. The lowest BCUT2D eigenvalue weighted by Crippen LogP contribution is -2.29. The number of nitrogens with one attached hydrogen (secondary N) is 1. The second-order valence-electron chi connectivity index (χ2n) is 5.25. The normalized spacial score (nSPS) is 22.1. The molecule has 0 saturated heterocycles. The Kier molecular flexibility index (Phi) is 4.70. The second-order valence-corrected chi connectivity index (χ2v) is 5.25. The number of rotatable bonds is 3. The molecule has 0 unspecified atom stereocenters. The van der Waals surface area contributed by atoms with Gasteiger partial charge in [0, 0.05) is 5.92 Å². The van der Waals surface area contributed by atoms with E-state index in [1.165, 1.54) is 12.1 Å². The standard InChI is InChI=1S/C15H18FN3O/c16-13-7-11(9-18)3-6-14(13)19-15(20)12-4-1-10(8-17)2-5-12/h3,6-7,10,12H,1-2,4-5,8,17H2,(H,19,20). The van der Waals surface area contributed by atoms with Gasteiger partial charge in [0.15, 0.2) is 0 Å². The minimum absolute atomic E-state index is 0.0761. The van der Waals surface area contributed by atoms with Gasteiger partial charge in [0.2, 0.25) is 5.91 Å². The highest BCUT2D eigenvalue weighted by Crippen LogP contribution is 2.29. The summed E-state index contributed by atoms with van der Waals surface area (Å²) < 4.78 is 13.7. The van der Waals surface area contributed by atoms with Crippen LogP contribution < -0.4 is 11.1 Å². The predicted molar refractivity (Wildman–Crippen MR) is 74.2 cm³/mol. The number of amides is 1. The second kappa shape index (κ2) is 6.49. The molecule has 1 fully saturated rings. The van der Waals surface area contributed by atoms with Crippen LogP contribution >= 0.6 is 0 Å². The van der Waals surface area contributed by atoms with Crippen molar-refractivity contribution in [1.82, 2.24) is 0 Å². The van der Waals surface area contributed by atoms with Gasteiger partial charge >= 0.3 is 0 Å². The van der Waals surface area contributed by atoms with Crippen LogP contribution in [0.4, 0.5) is 10.1 Å². The van der Waals surface area contributed by atoms with Crippen LogP contribution in [0.2, 0.25) is 0 Å². The molecule has 4 nitrogen and oxygen atoms in total. The fourth-order valence-electron chi connectivity index (χ4n) is 2.58. The Morgan fingerprint density at radius 1 is 1.40 bits per heavy atom. The summed E-state index contributed by atoms with van der Waals surface area (Å²) in [5.74, 6) is -0.296. The van der Waals surface area contributed by atoms with E-state index in [1.807, 2.05) is 6.07 Å². The van der Waals surface area contributed by atoms with Gasteiger partial charge in [0.25, 0.3) is 0 Å². The maximum Gasteiger partial charge on any atom is 0.227 e. The molecule has 0 aromatic heterocycles. The molecule has 1 aromatic carbocycles. The smallest absolute Gasteiger partial charge is 0.227 e. The first-order chi connectivity index (χ1) is 9.63. The third kappa shape index (κ3) is 3.34. The lowest BCUT2D eigenvalue weighted by molar-refractivity contribution is -0.121. The molecule has 1 saturated carbocycles. The number of halogens is 1. The number of carbonyl (C=O) groups excluding carboxylic acids is 1. The first-order valence-electron chi connectivity index (χ1n) is 6.84. The van der Waals surface area contributed by atoms with E-state index in [4.69, 9.17) is 11.0 Å². The Hall–Kier alpha value is -1.93. The van der Waals surface area contributed by atoms with E-state index in [0.29, 0.717) is 12.5 Å². The molecule has 1 aliphatic carbocycles. The monoisotopic (exact) mass is 275 g/mol. The van der Waals surface area contributed by atoms with Crippen molar-refractivity contribution in [1.29, 1.82) is 5.26 Å². The fraction of sp³-hybridized carbons (Fsp3) is 0.467. The maximum absolute atomic E-state index is 13.7. The quantitative estimate of drug-likeness (QED) is 0.889. The van der Waals surface area contributed by atoms with Crippen molar-refractivity contribution in [2.24, 2.45) is 17.6 Å². The van der Waals surface area contributed by atoms with Gasteiger partial charge in [-0.25, -0.2) is 4.39 Å². The topological polar surface area (TPSA) is 78.9 Å². The Bertz CT molecular complexity index is 530. The fourth-order valence-corrected chi connectivity index (χ4v) is 2.58. The summed E-state index contributed by atoms with van der Waals surface area (Å²) in [5, 5.41) is 11.3. The van der Waals surface area contributed by atoms with E-state index in [2.05, 4.69) is 5.32 Å². The van der Waals surface area contributed by atoms with E-state index >= 15 is 0 Å². The third-order valence-electron chi connectivity index (χ3n) is 3.91. The number of anilines is 1. The molecule has 106 valence electrons. The molecule has 1 aliphatic rings. The first kappa shape index (κ1) is 14.5. The average Bonchev–Trinajstić information content (AvgIpc) is 2.49. The van der Waals surface area contributed by atoms with Gasteiger partial charge in [-0.1, -0.05) is 0 Å². The van der Waals surface area contributed by atoms with Crippen LogP contribution in [-0.4, -0.2) is 12.5 Å². The summed E-state index contributed by atoms with van der Waals surface area (Å²) in [7, 11) is 0. The van der Waals surface area contributed by atoms with Gasteiger partial charge < -0.3 is 11.1 Å². The van der Waals surface area contributed by atoms with Gasteiger partial charge in [-0.3, -0.25) is 4.79 Å². The van der Waals surface area contributed by atoms with Crippen molar-refractivity contribution in [3.8, 4) is 6.07 Å². The number of nitrogens with zero attached hydrogens (tertiary/aromatic N) is 1. The number of nitrogens with two attached hydrogens (primary N) is 1. The van der Waals surface area contributed by atoms with Crippen molar-refractivity contribution in [2.75, 3.05) is 11.9 Å². The van der Waals surface area contributed by atoms with Crippen molar-refractivity contribution in [3.63, 3.8) is 0 Å². The summed E-state index contributed by atoms with van der Waals surface area (Å²) in [5.41, 5.74) is 5.99. The highest BCUT2D eigenvalue weighted by atomic mass is 19.1. The van der Waals surface area contributed by atoms with E-state index < -0.39 is 5.82 Å². The zero-order valence-electron chi connectivity index (χ0n) is 11.2. The van der Waals surface area contributed by atoms with E-state index in [9.17, 15) is 9.18 Å². The first-order valence-corrected chi connectivity index (χ1v) is 6.84. The van der Waals surface area contributed by atoms with E-state index in [0.717, 1.165) is 31.7 Å². The minimum Gasteiger partial charge on any atom is -0.330 e. The minimum atomic E-state index is -0.576. The van der Waals surface area contributed by atoms with Crippen LogP contribution in [0, 0.1) is 29.0 Å². The Morgan fingerprint density at radius 2 is 2.10 bits per heavy atom. The highest BCUT2D eigenvalue weighted by molar-refractivity contribution is 5.92. The molecule has 0 bridgehead atoms. The Balaban J connectivity index is 1.97. The zero-order chi connectivity index (χ0) is 14.5. The van der Waals surface area contributed by atoms with Crippen molar-refractivity contribution < 1.29 is 9.18 Å².